The van der Waals surface area contributed by atoms with Crippen molar-refractivity contribution < 1.29 is 17.9 Å². The fourth-order valence-electron chi connectivity index (χ4n) is 5.93. The summed E-state index contributed by atoms with van der Waals surface area (Å²) >= 11 is 0. The highest BCUT2D eigenvalue weighted by atomic mass is 32.2. The SMILES string of the molecule is COc1cc(C)ccc1S(=O)(=O)NC(C)(Cc1c[nH]c2ccccc12)C(=O)NC(c1ccccn1)C1CCCCC1. The summed E-state index contributed by atoms with van der Waals surface area (Å²) in [6.45, 7) is 3.52. The highest BCUT2D eigenvalue weighted by molar-refractivity contribution is 7.89. The van der Waals surface area contributed by atoms with Gasteiger partial charge in [-0.2, -0.15) is 4.72 Å². The van der Waals surface area contributed by atoms with Gasteiger partial charge in [-0.25, -0.2) is 8.42 Å². The average Bonchev–Trinajstić information content (AvgIpc) is 3.38. The van der Waals surface area contributed by atoms with E-state index in [1.165, 1.54) is 19.6 Å². The fraction of sp³-hybridized carbons (Fsp3) is 0.375. The smallest absolute Gasteiger partial charge is 0.245 e. The number of carbonyl (C=O) groups excluding carboxylic acids is 1. The molecule has 1 amide bonds. The molecular formula is C32H38N4O4S. The highest BCUT2D eigenvalue weighted by Gasteiger charge is 2.41. The molecule has 0 aliphatic heterocycles. The van der Waals surface area contributed by atoms with Gasteiger partial charge in [-0.05, 0) is 74.1 Å². The molecule has 0 spiro atoms. The van der Waals surface area contributed by atoms with Gasteiger partial charge in [0.2, 0.25) is 15.9 Å². The molecule has 2 aromatic carbocycles. The van der Waals surface area contributed by atoms with Gasteiger partial charge >= 0.3 is 0 Å². The Morgan fingerprint density at radius 3 is 2.59 bits per heavy atom. The van der Waals surface area contributed by atoms with Crippen molar-refractivity contribution in [3.8, 4) is 5.75 Å². The number of nitrogens with one attached hydrogen (secondary N) is 3. The number of aromatic nitrogens is 2. The zero-order chi connectivity index (χ0) is 29.0. The van der Waals surface area contributed by atoms with Crippen molar-refractivity contribution >= 4 is 26.8 Å². The van der Waals surface area contributed by atoms with Gasteiger partial charge in [-0.3, -0.25) is 9.78 Å². The number of para-hydroxylation sites is 1. The number of H-pyrrole nitrogens is 1. The van der Waals surface area contributed by atoms with E-state index in [1.54, 1.807) is 25.3 Å². The number of amides is 1. The molecule has 9 heteroatoms. The lowest BCUT2D eigenvalue weighted by atomic mass is 9.82. The van der Waals surface area contributed by atoms with E-state index in [4.69, 9.17) is 4.74 Å². The number of methoxy groups -OCH3 is 1. The molecule has 1 aliphatic rings. The summed E-state index contributed by atoms with van der Waals surface area (Å²) in [6, 6.07) is 18.1. The standard InChI is InChI=1S/C32H38N4O4S/c1-22-16-17-29(28(19-22)40-3)41(38,39)36-32(2,20-24-21-34-26-14-8-7-13-25(24)26)31(37)35-30(23-11-5-4-6-12-23)27-15-9-10-18-33-27/h7-10,13-19,21,23,30,34,36H,4-6,11-12,20H2,1-3H3,(H,35,37). The summed E-state index contributed by atoms with van der Waals surface area (Å²) in [5.41, 5.74) is 1.88. The summed E-state index contributed by atoms with van der Waals surface area (Å²) in [6.07, 6.45) is 9.03. The molecule has 1 fully saturated rings. The van der Waals surface area contributed by atoms with Gasteiger partial charge in [0.25, 0.3) is 0 Å². The quantitative estimate of drug-likeness (QED) is 0.228. The maximum absolute atomic E-state index is 14.4. The van der Waals surface area contributed by atoms with Gasteiger partial charge in [-0.1, -0.05) is 49.6 Å². The van der Waals surface area contributed by atoms with E-state index >= 15 is 0 Å². The first-order valence-electron chi connectivity index (χ1n) is 14.2. The molecule has 2 heterocycles. The number of pyridine rings is 1. The number of aryl methyl sites for hydroxylation is 1. The van der Waals surface area contributed by atoms with E-state index in [0.29, 0.717) is 0 Å². The lowest BCUT2D eigenvalue weighted by Gasteiger charge is -2.35. The predicted octanol–water partition coefficient (Wildman–Crippen LogP) is 5.60. The Bertz CT molecular complexity index is 1610. The van der Waals surface area contributed by atoms with Gasteiger partial charge in [0, 0.05) is 29.7 Å². The molecule has 4 aromatic rings. The maximum atomic E-state index is 14.4. The Labute approximate surface area is 242 Å². The van der Waals surface area contributed by atoms with Crippen LogP contribution in [0.2, 0.25) is 0 Å². The number of rotatable bonds is 10. The molecular weight excluding hydrogens is 536 g/mol. The van der Waals surface area contributed by atoms with Crippen LogP contribution in [-0.2, 0) is 21.2 Å². The highest BCUT2D eigenvalue weighted by Crippen LogP contribution is 2.35. The first kappa shape index (κ1) is 28.8. The lowest BCUT2D eigenvalue weighted by Crippen LogP contribution is -2.59. The fourth-order valence-corrected chi connectivity index (χ4v) is 7.45. The molecule has 0 saturated heterocycles. The first-order valence-corrected chi connectivity index (χ1v) is 15.6. The third-order valence-electron chi connectivity index (χ3n) is 8.10. The number of hydrogen-bond acceptors (Lipinski definition) is 5. The van der Waals surface area contributed by atoms with Gasteiger partial charge in [0.1, 0.15) is 16.2 Å². The number of fused-ring (bicyclic) bond motifs is 1. The van der Waals surface area contributed by atoms with Crippen molar-refractivity contribution in [3.05, 3.63) is 89.9 Å². The van der Waals surface area contributed by atoms with Crippen molar-refractivity contribution in [2.45, 2.75) is 68.8 Å². The third kappa shape index (κ3) is 6.31. The van der Waals surface area contributed by atoms with Gasteiger partial charge in [0.05, 0.1) is 18.8 Å². The number of benzene rings is 2. The molecule has 216 valence electrons. The Hall–Kier alpha value is -3.69. The molecule has 2 atom stereocenters. The van der Waals surface area contributed by atoms with Gasteiger partial charge in [0.15, 0.2) is 0 Å². The van der Waals surface area contributed by atoms with Crippen molar-refractivity contribution in [2.75, 3.05) is 7.11 Å². The van der Waals surface area contributed by atoms with E-state index in [2.05, 4.69) is 20.0 Å². The average molecular weight is 575 g/mol. The monoisotopic (exact) mass is 574 g/mol. The van der Waals surface area contributed by atoms with E-state index in [9.17, 15) is 13.2 Å². The van der Waals surface area contributed by atoms with E-state index in [1.807, 2.05) is 55.6 Å². The number of aromatic amines is 1. The Morgan fingerprint density at radius 2 is 1.85 bits per heavy atom. The third-order valence-corrected chi connectivity index (χ3v) is 9.74. The Morgan fingerprint density at radius 1 is 1.10 bits per heavy atom. The molecule has 5 rings (SSSR count). The summed E-state index contributed by atoms with van der Waals surface area (Å²) < 4.78 is 36.0. The van der Waals surface area contributed by atoms with E-state index in [-0.39, 0.29) is 29.0 Å². The van der Waals surface area contributed by atoms with Crippen LogP contribution < -0.4 is 14.8 Å². The zero-order valence-corrected chi connectivity index (χ0v) is 24.6. The normalized spacial score (nSPS) is 16.7. The molecule has 0 radical (unpaired) electrons. The predicted molar refractivity (Wildman–Crippen MR) is 160 cm³/mol. The number of nitrogens with zero attached hydrogens (tertiary/aromatic N) is 1. The number of hydrogen-bond donors (Lipinski definition) is 3. The van der Waals surface area contributed by atoms with Crippen molar-refractivity contribution in [2.24, 2.45) is 5.92 Å². The first-order chi connectivity index (χ1) is 19.7. The number of sulfonamides is 1. The molecule has 3 N–H and O–H groups in total. The van der Waals surface area contributed by atoms with E-state index < -0.39 is 21.5 Å². The molecule has 41 heavy (non-hydrogen) atoms. The van der Waals surface area contributed by atoms with Crippen LogP contribution in [0.1, 0.15) is 61.9 Å². The van der Waals surface area contributed by atoms with Crippen LogP contribution in [0.4, 0.5) is 0 Å². The molecule has 2 unspecified atom stereocenters. The summed E-state index contributed by atoms with van der Waals surface area (Å²) in [7, 11) is -2.73. The van der Waals surface area contributed by atoms with Crippen molar-refractivity contribution in [1.82, 2.24) is 20.0 Å². The largest absolute Gasteiger partial charge is 0.495 e. The molecule has 1 saturated carbocycles. The molecule has 8 nitrogen and oxygen atoms in total. The van der Waals surface area contributed by atoms with Crippen LogP contribution in [0.25, 0.3) is 10.9 Å². The van der Waals surface area contributed by atoms with Crippen molar-refractivity contribution in [3.63, 3.8) is 0 Å². The van der Waals surface area contributed by atoms with Gasteiger partial charge in [-0.15, -0.1) is 0 Å². The topological polar surface area (TPSA) is 113 Å². The summed E-state index contributed by atoms with van der Waals surface area (Å²) in [5, 5.41) is 4.18. The maximum Gasteiger partial charge on any atom is 0.245 e. The summed E-state index contributed by atoms with van der Waals surface area (Å²) in [4.78, 5) is 22.2. The van der Waals surface area contributed by atoms with E-state index in [0.717, 1.165) is 53.4 Å². The van der Waals surface area contributed by atoms with Crippen molar-refractivity contribution in [1.29, 1.82) is 0 Å². The molecule has 0 bridgehead atoms. The minimum atomic E-state index is -4.17. The van der Waals surface area contributed by atoms with Crippen LogP contribution in [0.15, 0.2) is 78.0 Å². The Kier molecular flexibility index (Phi) is 8.47. The number of carbonyl (C=O) groups is 1. The summed E-state index contributed by atoms with van der Waals surface area (Å²) in [5.74, 6) is 0.0355. The van der Waals surface area contributed by atoms with Crippen LogP contribution in [0.3, 0.4) is 0 Å². The second kappa shape index (κ2) is 12.0. The molecule has 2 aromatic heterocycles. The Balaban J connectivity index is 1.54. The second-order valence-electron chi connectivity index (χ2n) is 11.2. The zero-order valence-electron chi connectivity index (χ0n) is 23.8. The minimum absolute atomic E-state index is 0.0166. The van der Waals surface area contributed by atoms with Gasteiger partial charge < -0.3 is 15.0 Å². The number of ether oxygens (including phenoxy) is 1. The molecule has 1 aliphatic carbocycles. The second-order valence-corrected chi connectivity index (χ2v) is 12.9. The van der Waals surface area contributed by atoms with Crippen LogP contribution in [-0.4, -0.2) is 36.9 Å². The lowest BCUT2D eigenvalue weighted by molar-refractivity contribution is -0.127. The minimum Gasteiger partial charge on any atom is -0.495 e. The van der Waals surface area contributed by atoms with Crippen LogP contribution in [0, 0.1) is 12.8 Å². The van der Waals surface area contributed by atoms with Crippen LogP contribution >= 0.6 is 0 Å². The van der Waals surface area contributed by atoms with Crippen LogP contribution in [0.5, 0.6) is 5.75 Å².